The van der Waals surface area contributed by atoms with E-state index in [1.807, 2.05) is 0 Å². The molecule has 0 spiro atoms. The zero-order valence-corrected chi connectivity index (χ0v) is 10.3. The van der Waals surface area contributed by atoms with Gasteiger partial charge in [-0.2, -0.15) is 0 Å². The molecule has 6 heteroatoms. The summed E-state index contributed by atoms with van der Waals surface area (Å²) in [6.07, 6.45) is 0. The van der Waals surface area contributed by atoms with Crippen LogP contribution in [0.1, 0.15) is 17.3 Å². The molecule has 0 radical (unpaired) electrons. The number of para-hydroxylation sites is 1. The molecule has 0 heterocycles. The Labute approximate surface area is 105 Å². The van der Waals surface area contributed by atoms with Crippen molar-refractivity contribution in [2.75, 3.05) is 26.1 Å². The number of benzene rings is 1. The van der Waals surface area contributed by atoms with Gasteiger partial charge >= 0.3 is 11.9 Å². The Kier molecular flexibility index (Phi) is 4.98. The minimum atomic E-state index is -0.684. The summed E-state index contributed by atoms with van der Waals surface area (Å²) in [4.78, 5) is 22.6. The van der Waals surface area contributed by atoms with E-state index < -0.39 is 18.5 Å². The Morgan fingerprint density at radius 1 is 1.33 bits per heavy atom. The van der Waals surface area contributed by atoms with E-state index in [9.17, 15) is 9.59 Å². The van der Waals surface area contributed by atoms with Gasteiger partial charge < -0.3 is 19.9 Å². The highest BCUT2D eigenvalue weighted by atomic mass is 16.6. The first kappa shape index (κ1) is 13.8. The van der Waals surface area contributed by atoms with E-state index in [1.165, 1.54) is 13.2 Å². The van der Waals surface area contributed by atoms with Crippen LogP contribution in [0, 0.1) is 0 Å². The molecule has 18 heavy (non-hydrogen) atoms. The van der Waals surface area contributed by atoms with Crippen LogP contribution in [-0.2, 0) is 14.3 Å². The van der Waals surface area contributed by atoms with Crippen LogP contribution in [0.25, 0.3) is 0 Å². The van der Waals surface area contributed by atoms with E-state index in [-0.39, 0.29) is 11.3 Å². The number of hydrogen-bond acceptors (Lipinski definition) is 6. The fourth-order valence-electron chi connectivity index (χ4n) is 1.28. The van der Waals surface area contributed by atoms with Gasteiger partial charge in [0, 0.05) is 0 Å². The molecule has 0 aliphatic carbocycles. The Morgan fingerprint density at radius 2 is 2.06 bits per heavy atom. The molecule has 0 aliphatic rings. The second-order valence-corrected chi connectivity index (χ2v) is 3.31. The molecule has 0 bridgehead atoms. The quantitative estimate of drug-likeness (QED) is 0.622. The summed E-state index contributed by atoms with van der Waals surface area (Å²) in [7, 11) is 1.21. The number of nitrogen functional groups attached to an aromatic ring is 1. The number of esters is 2. The average Bonchev–Trinajstić information content (AvgIpc) is 2.38. The van der Waals surface area contributed by atoms with Crippen LogP contribution in [0.5, 0.6) is 5.75 Å². The first-order valence-corrected chi connectivity index (χ1v) is 5.35. The summed E-state index contributed by atoms with van der Waals surface area (Å²) in [5.74, 6) is -1.06. The minimum absolute atomic E-state index is 0.181. The van der Waals surface area contributed by atoms with Crippen molar-refractivity contribution >= 4 is 17.6 Å². The van der Waals surface area contributed by atoms with Gasteiger partial charge in [0.1, 0.15) is 5.56 Å². The van der Waals surface area contributed by atoms with Crippen LogP contribution < -0.4 is 10.5 Å². The van der Waals surface area contributed by atoms with E-state index in [4.69, 9.17) is 15.2 Å². The normalized spacial score (nSPS) is 9.67. The van der Waals surface area contributed by atoms with Crippen molar-refractivity contribution in [1.29, 1.82) is 0 Å². The Hall–Kier alpha value is -2.24. The minimum Gasteiger partial charge on any atom is -0.491 e. The third-order valence-electron chi connectivity index (χ3n) is 2.10. The van der Waals surface area contributed by atoms with Crippen molar-refractivity contribution < 1.29 is 23.8 Å². The van der Waals surface area contributed by atoms with E-state index >= 15 is 0 Å². The molecule has 0 amide bonds. The number of carbonyl (C=O) groups excluding carboxylic acids is 2. The van der Waals surface area contributed by atoms with E-state index in [2.05, 4.69) is 4.74 Å². The van der Waals surface area contributed by atoms with Gasteiger partial charge in [0.05, 0.1) is 19.4 Å². The van der Waals surface area contributed by atoms with Gasteiger partial charge in [0.2, 0.25) is 0 Å². The second-order valence-electron chi connectivity index (χ2n) is 3.31. The summed E-state index contributed by atoms with van der Waals surface area (Å²) in [6.45, 7) is 1.69. The molecule has 0 aromatic heterocycles. The summed E-state index contributed by atoms with van der Waals surface area (Å²) in [5, 5.41) is 0. The Bertz CT molecular complexity index is 444. The first-order chi connectivity index (χ1) is 8.60. The molecular formula is C12H15NO5. The van der Waals surface area contributed by atoms with Crippen molar-refractivity contribution in [1.82, 2.24) is 0 Å². The highest BCUT2D eigenvalue weighted by Crippen LogP contribution is 2.26. The molecule has 0 unspecified atom stereocenters. The van der Waals surface area contributed by atoms with E-state index in [0.717, 1.165) is 0 Å². The molecule has 1 aromatic rings. The first-order valence-electron chi connectivity index (χ1n) is 5.35. The Morgan fingerprint density at radius 3 is 2.67 bits per heavy atom. The molecule has 1 rings (SSSR count). The molecule has 6 nitrogen and oxygen atoms in total. The van der Waals surface area contributed by atoms with Gasteiger partial charge in [0.15, 0.2) is 12.4 Å². The number of methoxy groups -OCH3 is 1. The zero-order chi connectivity index (χ0) is 13.5. The van der Waals surface area contributed by atoms with Crippen LogP contribution in [-0.4, -0.2) is 32.3 Å². The lowest BCUT2D eigenvalue weighted by molar-refractivity contribution is -0.144. The fraction of sp³-hybridized carbons (Fsp3) is 0.333. The highest BCUT2D eigenvalue weighted by molar-refractivity contribution is 5.95. The molecular weight excluding hydrogens is 238 g/mol. The predicted octanol–water partition coefficient (Wildman–Crippen LogP) is 0.997. The lowest BCUT2D eigenvalue weighted by Crippen LogP contribution is -2.16. The smallest absolute Gasteiger partial charge is 0.344 e. The number of anilines is 1. The molecule has 1 aromatic carbocycles. The second kappa shape index (κ2) is 6.48. The monoisotopic (exact) mass is 253 g/mol. The maximum atomic E-state index is 11.7. The van der Waals surface area contributed by atoms with Gasteiger partial charge in [-0.05, 0) is 19.1 Å². The summed E-state index contributed by atoms with van der Waals surface area (Å²) in [5.41, 5.74) is 6.22. The van der Waals surface area contributed by atoms with Crippen molar-refractivity contribution in [3.8, 4) is 5.75 Å². The molecule has 0 atom stereocenters. The summed E-state index contributed by atoms with van der Waals surface area (Å²) in [6, 6.07) is 4.73. The van der Waals surface area contributed by atoms with Crippen LogP contribution >= 0.6 is 0 Å². The largest absolute Gasteiger partial charge is 0.491 e. The molecule has 0 saturated carbocycles. The number of ether oxygens (including phenoxy) is 3. The Balaban J connectivity index is 2.84. The lowest BCUT2D eigenvalue weighted by Gasteiger charge is -2.11. The number of nitrogens with two attached hydrogens (primary N) is 1. The van der Waals surface area contributed by atoms with Crippen LogP contribution in [0.2, 0.25) is 0 Å². The topological polar surface area (TPSA) is 87.9 Å². The molecule has 98 valence electrons. The fourth-order valence-corrected chi connectivity index (χ4v) is 1.28. The van der Waals surface area contributed by atoms with Gasteiger partial charge in [-0.3, -0.25) is 0 Å². The standard InChI is InChI=1S/C12H15NO5/c1-3-17-11-8(5-4-6-9(11)13)12(15)18-7-10(14)16-2/h4-6H,3,7,13H2,1-2H3. The van der Waals surface area contributed by atoms with Crippen molar-refractivity contribution in [2.24, 2.45) is 0 Å². The summed E-state index contributed by atoms with van der Waals surface area (Å²) >= 11 is 0. The van der Waals surface area contributed by atoms with Gasteiger partial charge in [0.25, 0.3) is 0 Å². The molecule has 0 saturated heterocycles. The number of carbonyl (C=O) groups is 2. The number of hydrogen-bond donors (Lipinski definition) is 1. The molecule has 0 aliphatic heterocycles. The lowest BCUT2D eigenvalue weighted by atomic mass is 10.2. The maximum Gasteiger partial charge on any atom is 0.344 e. The number of rotatable bonds is 5. The molecule has 2 N–H and O–H groups in total. The predicted molar refractivity (Wildman–Crippen MR) is 64.3 cm³/mol. The van der Waals surface area contributed by atoms with E-state index in [1.54, 1.807) is 19.1 Å². The van der Waals surface area contributed by atoms with Crippen LogP contribution in [0.4, 0.5) is 5.69 Å². The van der Waals surface area contributed by atoms with Crippen molar-refractivity contribution in [2.45, 2.75) is 6.92 Å². The summed E-state index contributed by atoms with van der Waals surface area (Å²) < 4.78 is 14.4. The third kappa shape index (κ3) is 3.38. The maximum absolute atomic E-state index is 11.7. The van der Waals surface area contributed by atoms with Gasteiger partial charge in [-0.1, -0.05) is 6.07 Å². The van der Waals surface area contributed by atoms with Crippen LogP contribution in [0.15, 0.2) is 18.2 Å². The SMILES string of the molecule is CCOc1c(N)cccc1C(=O)OCC(=O)OC. The van der Waals surface area contributed by atoms with Crippen LogP contribution in [0.3, 0.4) is 0 Å². The highest BCUT2D eigenvalue weighted by Gasteiger charge is 2.17. The van der Waals surface area contributed by atoms with Crippen molar-refractivity contribution in [3.05, 3.63) is 23.8 Å². The zero-order valence-electron chi connectivity index (χ0n) is 10.3. The van der Waals surface area contributed by atoms with Crippen molar-refractivity contribution in [3.63, 3.8) is 0 Å². The van der Waals surface area contributed by atoms with Gasteiger partial charge in [-0.15, -0.1) is 0 Å². The van der Waals surface area contributed by atoms with E-state index in [0.29, 0.717) is 12.3 Å². The third-order valence-corrected chi connectivity index (χ3v) is 2.10. The molecule has 0 fully saturated rings. The van der Waals surface area contributed by atoms with Gasteiger partial charge in [-0.25, -0.2) is 9.59 Å². The average molecular weight is 253 g/mol.